The number of amides is 1. The number of nitrogens with zero attached hydrogens (tertiary/aromatic N) is 2. The van der Waals surface area contributed by atoms with Gasteiger partial charge in [0, 0.05) is 30.9 Å². The van der Waals surface area contributed by atoms with E-state index < -0.39 is 0 Å². The number of rotatable bonds is 4. The van der Waals surface area contributed by atoms with Crippen LogP contribution in [0.4, 0.5) is 5.95 Å². The van der Waals surface area contributed by atoms with Crippen molar-refractivity contribution in [2.24, 2.45) is 0 Å². The Balaban J connectivity index is 2.24. The molecule has 2 N–H and O–H groups in total. The molecule has 0 bridgehead atoms. The third-order valence-corrected chi connectivity index (χ3v) is 1.72. The van der Waals surface area contributed by atoms with Crippen molar-refractivity contribution in [1.29, 1.82) is 0 Å². The van der Waals surface area contributed by atoms with Gasteiger partial charge in [-0.2, -0.15) is 0 Å². The molecule has 1 aromatic rings. The van der Waals surface area contributed by atoms with E-state index in [0.29, 0.717) is 18.9 Å². The fourth-order valence-corrected chi connectivity index (χ4v) is 1.16. The highest BCUT2D eigenvalue weighted by molar-refractivity contribution is 5.77. The number of hydrogen-bond acceptors (Lipinski definition) is 4. The van der Waals surface area contributed by atoms with Crippen LogP contribution in [0.15, 0.2) is 18.5 Å². The summed E-state index contributed by atoms with van der Waals surface area (Å²) in [6.07, 6.45) is 3.73. The summed E-state index contributed by atoms with van der Waals surface area (Å²) in [7, 11) is 0. The predicted molar refractivity (Wildman–Crippen MR) is 63.0 cm³/mol. The fraction of sp³-hybridized carbons (Fsp3) is 0.545. The SMILES string of the molecule is CC(C)(C)NC(=O)CCNc1ncccn1. The number of aromatic nitrogens is 2. The normalized spacial score (nSPS) is 10.9. The molecule has 0 atom stereocenters. The maximum atomic E-state index is 11.5. The number of carbonyl (C=O) groups excluding carboxylic acids is 1. The molecule has 0 aliphatic carbocycles. The van der Waals surface area contributed by atoms with Gasteiger partial charge in [-0.05, 0) is 26.8 Å². The summed E-state index contributed by atoms with van der Waals surface area (Å²) < 4.78 is 0. The zero-order valence-corrected chi connectivity index (χ0v) is 9.95. The Morgan fingerprint density at radius 2 is 1.94 bits per heavy atom. The zero-order chi connectivity index (χ0) is 12.0. The minimum absolute atomic E-state index is 0.0240. The van der Waals surface area contributed by atoms with Gasteiger partial charge in [-0.15, -0.1) is 0 Å². The van der Waals surface area contributed by atoms with Gasteiger partial charge in [-0.25, -0.2) is 9.97 Å². The van der Waals surface area contributed by atoms with E-state index >= 15 is 0 Å². The Labute approximate surface area is 95.7 Å². The number of nitrogens with one attached hydrogen (secondary N) is 2. The van der Waals surface area contributed by atoms with Crippen molar-refractivity contribution in [3.05, 3.63) is 18.5 Å². The Morgan fingerprint density at radius 3 is 2.50 bits per heavy atom. The standard InChI is InChI=1S/C11H18N4O/c1-11(2,3)15-9(16)5-8-14-10-12-6-4-7-13-10/h4,6-7H,5,8H2,1-3H3,(H,15,16)(H,12,13,14). The maximum Gasteiger partial charge on any atom is 0.222 e. The minimum Gasteiger partial charge on any atom is -0.354 e. The Bertz CT molecular complexity index is 332. The van der Waals surface area contributed by atoms with Crippen LogP contribution in [0.1, 0.15) is 27.2 Å². The minimum atomic E-state index is -0.180. The van der Waals surface area contributed by atoms with Gasteiger partial charge in [0.1, 0.15) is 0 Å². The predicted octanol–water partition coefficient (Wildman–Crippen LogP) is 1.19. The summed E-state index contributed by atoms with van der Waals surface area (Å²) in [5.41, 5.74) is -0.180. The lowest BCUT2D eigenvalue weighted by molar-refractivity contribution is -0.122. The molecule has 1 heterocycles. The van der Waals surface area contributed by atoms with Gasteiger partial charge in [-0.3, -0.25) is 4.79 Å². The van der Waals surface area contributed by atoms with Crippen LogP contribution in [0.2, 0.25) is 0 Å². The van der Waals surface area contributed by atoms with Gasteiger partial charge in [0.15, 0.2) is 0 Å². The summed E-state index contributed by atoms with van der Waals surface area (Å²) >= 11 is 0. The van der Waals surface area contributed by atoms with E-state index in [1.54, 1.807) is 18.5 Å². The fourth-order valence-electron chi connectivity index (χ4n) is 1.16. The second-order valence-electron chi connectivity index (χ2n) is 4.55. The molecule has 0 aliphatic heterocycles. The first-order valence-electron chi connectivity index (χ1n) is 5.29. The Morgan fingerprint density at radius 1 is 1.31 bits per heavy atom. The van der Waals surface area contributed by atoms with Crippen molar-refractivity contribution in [3.63, 3.8) is 0 Å². The van der Waals surface area contributed by atoms with Gasteiger partial charge in [0.05, 0.1) is 0 Å². The molecule has 5 heteroatoms. The van der Waals surface area contributed by atoms with Crippen LogP contribution in [0.5, 0.6) is 0 Å². The second-order valence-corrected chi connectivity index (χ2v) is 4.55. The largest absolute Gasteiger partial charge is 0.354 e. The van der Waals surface area contributed by atoms with Crippen LogP contribution in [-0.2, 0) is 4.79 Å². The smallest absolute Gasteiger partial charge is 0.222 e. The number of anilines is 1. The van der Waals surface area contributed by atoms with Crippen molar-refractivity contribution in [2.45, 2.75) is 32.7 Å². The van der Waals surface area contributed by atoms with E-state index in [0.717, 1.165) is 0 Å². The lowest BCUT2D eigenvalue weighted by Gasteiger charge is -2.20. The van der Waals surface area contributed by atoms with Crippen molar-refractivity contribution in [1.82, 2.24) is 15.3 Å². The Kier molecular flexibility index (Phi) is 4.22. The van der Waals surface area contributed by atoms with Gasteiger partial charge < -0.3 is 10.6 Å². The van der Waals surface area contributed by atoms with Crippen molar-refractivity contribution in [3.8, 4) is 0 Å². The highest BCUT2D eigenvalue weighted by atomic mass is 16.1. The van der Waals surface area contributed by atoms with E-state index in [-0.39, 0.29) is 11.4 Å². The number of hydrogen-bond donors (Lipinski definition) is 2. The first-order valence-corrected chi connectivity index (χ1v) is 5.29. The first kappa shape index (κ1) is 12.4. The van der Waals surface area contributed by atoms with E-state index in [4.69, 9.17) is 0 Å². The third kappa shape index (κ3) is 5.29. The summed E-state index contributed by atoms with van der Waals surface area (Å²) in [5, 5.41) is 5.86. The summed E-state index contributed by atoms with van der Waals surface area (Å²) in [6, 6.07) is 1.75. The maximum absolute atomic E-state index is 11.5. The Hall–Kier alpha value is -1.65. The molecule has 5 nitrogen and oxygen atoms in total. The highest BCUT2D eigenvalue weighted by Gasteiger charge is 2.12. The van der Waals surface area contributed by atoms with Crippen LogP contribution < -0.4 is 10.6 Å². The molecule has 88 valence electrons. The van der Waals surface area contributed by atoms with Crippen LogP contribution in [0, 0.1) is 0 Å². The van der Waals surface area contributed by atoms with E-state index in [1.165, 1.54) is 0 Å². The molecular weight excluding hydrogens is 204 g/mol. The van der Waals surface area contributed by atoms with Crippen LogP contribution in [0.3, 0.4) is 0 Å². The average molecular weight is 222 g/mol. The molecule has 0 radical (unpaired) electrons. The average Bonchev–Trinajstić information content (AvgIpc) is 2.16. The van der Waals surface area contributed by atoms with Crippen molar-refractivity contribution < 1.29 is 4.79 Å². The van der Waals surface area contributed by atoms with E-state index in [1.807, 2.05) is 20.8 Å². The van der Waals surface area contributed by atoms with Gasteiger partial charge in [-0.1, -0.05) is 0 Å². The van der Waals surface area contributed by atoms with E-state index in [9.17, 15) is 4.79 Å². The van der Waals surface area contributed by atoms with E-state index in [2.05, 4.69) is 20.6 Å². The van der Waals surface area contributed by atoms with Crippen LogP contribution >= 0.6 is 0 Å². The highest BCUT2D eigenvalue weighted by Crippen LogP contribution is 1.99. The molecule has 0 unspecified atom stereocenters. The van der Waals surface area contributed by atoms with Gasteiger partial charge in [0.25, 0.3) is 0 Å². The molecule has 16 heavy (non-hydrogen) atoms. The molecule has 1 rings (SSSR count). The lowest BCUT2D eigenvalue weighted by Crippen LogP contribution is -2.41. The molecule has 0 aliphatic rings. The topological polar surface area (TPSA) is 66.9 Å². The van der Waals surface area contributed by atoms with Crippen LogP contribution in [-0.4, -0.2) is 28.0 Å². The van der Waals surface area contributed by atoms with Crippen molar-refractivity contribution >= 4 is 11.9 Å². The monoisotopic (exact) mass is 222 g/mol. The second kappa shape index (κ2) is 5.44. The van der Waals surface area contributed by atoms with Gasteiger partial charge in [0.2, 0.25) is 11.9 Å². The van der Waals surface area contributed by atoms with Crippen molar-refractivity contribution in [2.75, 3.05) is 11.9 Å². The third-order valence-electron chi connectivity index (χ3n) is 1.72. The summed E-state index contributed by atoms with van der Waals surface area (Å²) in [6.45, 7) is 6.40. The molecule has 0 saturated heterocycles. The van der Waals surface area contributed by atoms with Gasteiger partial charge >= 0.3 is 0 Å². The molecule has 1 amide bonds. The zero-order valence-electron chi connectivity index (χ0n) is 9.95. The molecular formula is C11H18N4O. The molecule has 0 aromatic carbocycles. The summed E-state index contributed by atoms with van der Waals surface area (Å²) in [4.78, 5) is 19.4. The number of carbonyl (C=O) groups is 1. The summed E-state index contributed by atoms with van der Waals surface area (Å²) in [5.74, 6) is 0.571. The first-order chi connectivity index (χ1) is 7.47. The molecule has 0 spiro atoms. The lowest BCUT2D eigenvalue weighted by atomic mass is 10.1. The molecule has 0 saturated carbocycles. The molecule has 1 aromatic heterocycles. The van der Waals surface area contributed by atoms with Crippen LogP contribution in [0.25, 0.3) is 0 Å². The quantitative estimate of drug-likeness (QED) is 0.803. The molecule has 0 fully saturated rings.